The molecule has 0 aromatic heterocycles. The molecule has 2 nitrogen and oxygen atoms in total. The van der Waals surface area contributed by atoms with Crippen LogP contribution >= 0.6 is 0 Å². The molecule has 2 heterocycles. The summed E-state index contributed by atoms with van der Waals surface area (Å²) in [5.41, 5.74) is 12.5. The fourth-order valence-corrected chi connectivity index (χ4v) is 12.3. The van der Waals surface area contributed by atoms with Gasteiger partial charge in [-0.15, -0.1) is 0 Å². The Hall–Kier alpha value is -5.02. The number of rotatable bonds is 4. The molecule has 2 aromatic rings. The highest BCUT2D eigenvalue weighted by Gasteiger charge is 2.53. The minimum atomic E-state index is 0.297. The van der Waals surface area contributed by atoms with E-state index in [0.29, 0.717) is 53.6 Å². The average Bonchev–Trinajstić information content (AvgIpc) is 3.84. The summed E-state index contributed by atoms with van der Waals surface area (Å²) in [6, 6.07) is 19.2. The number of benzene rings is 2. The molecule has 9 unspecified atom stereocenters. The summed E-state index contributed by atoms with van der Waals surface area (Å²) in [7, 11) is 0. The van der Waals surface area contributed by atoms with Crippen molar-refractivity contribution in [3.8, 4) is 0 Å². The van der Waals surface area contributed by atoms with Gasteiger partial charge in [0.2, 0.25) is 0 Å². The van der Waals surface area contributed by atoms with Gasteiger partial charge in [-0.3, -0.25) is 10.2 Å². The van der Waals surface area contributed by atoms with E-state index in [1.807, 2.05) is 0 Å². The number of hydrogen-bond acceptors (Lipinski definition) is 2. The van der Waals surface area contributed by atoms with Gasteiger partial charge >= 0.3 is 0 Å². The molecular weight excluding hydrogens is 665 g/mol. The second-order valence-electron chi connectivity index (χ2n) is 17.2. The van der Waals surface area contributed by atoms with Gasteiger partial charge in [-0.2, -0.15) is 0 Å². The van der Waals surface area contributed by atoms with Gasteiger partial charge in [0, 0.05) is 54.6 Å². The van der Waals surface area contributed by atoms with Crippen molar-refractivity contribution in [2.45, 2.75) is 37.9 Å². The van der Waals surface area contributed by atoms with E-state index >= 15 is 0 Å². The summed E-state index contributed by atoms with van der Waals surface area (Å²) >= 11 is 0. The van der Waals surface area contributed by atoms with Crippen molar-refractivity contribution in [1.82, 2.24) is 10.2 Å². The first kappa shape index (κ1) is 32.2. The highest BCUT2D eigenvalue weighted by atomic mass is 15.3. The van der Waals surface area contributed by atoms with E-state index in [1.54, 1.807) is 27.9 Å². The lowest BCUT2D eigenvalue weighted by Gasteiger charge is -2.37. The van der Waals surface area contributed by atoms with Crippen LogP contribution in [0.25, 0.3) is 22.8 Å². The molecule has 9 atom stereocenters. The summed E-state index contributed by atoms with van der Waals surface area (Å²) in [5, 5.41) is 9.71. The molecule has 2 aromatic carbocycles. The smallest absolute Gasteiger partial charge is 0.0792 e. The minimum absolute atomic E-state index is 0.297. The summed E-state index contributed by atoms with van der Waals surface area (Å²) in [4.78, 5) is 2.63. The molecule has 55 heavy (non-hydrogen) atoms. The van der Waals surface area contributed by atoms with Gasteiger partial charge in [-0.05, 0) is 85.9 Å². The third-order valence-corrected chi connectivity index (χ3v) is 14.6. The van der Waals surface area contributed by atoms with Gasteiger partial charge < -0.3 is 0 Å². The van der Waals surface area contributed by atoms with Crippen molar-refractivity contribution in [2.24, 2.45) is 41.4 Å². The molecule has 8 aliphatic carbocycles. The van der Waals surface area contributed by atoms with Crippen LogP contribution in [0.3, 0.4) is 0 Å². The fourth-order valence-electron chi connectivity index (χ4n) is 12.3. The third-order valence-electron chi connectivity index (χ3n) is 14.6. The molecule has 0 radical (unpaired) electrons. The molecule has 10 aliphatic rings. The van der Waals surface area contributed by atoms with Crippen LogP contribution in [-0.2, 0) is 0 Å². The van der Waals surface area contributed by atoms with Gasteiger partial charge in [0.1, 0.15) is 0 Å². The van der Waals surface area contributed by atoms with Crippen molar-refractivity contribution in [1.29, 1.82) is 0 Å². The van der Waals surface area contributed by atoms with Crippen LogP contribution in [0.2, 0.25) is 0 Å². The van der Waals surface area contributed by atoms with Crippen LogP contribution in [0.5, 0.6) is 0 Å². The van der Waals surface area contributed by atoms with Crippen molar-refractivity contribution in [3.05, 3.63) is 201 Å². The van der Waals surface area contributed by atoms with Crippen LogP contribution in [0.15, 0.2) is 180 Å². The zero-order valence-electron chi connectivity index (χ0n) is 31.4. The maximum Gasteiger partial charge on any atom is 0.0792 e. The first-order chi connectivity index (χ1) is 27.3. The van der Waals surface area contributed by atoms with Crippen LogP contribution in [0.1, 0.15) is 25.7 Å². The van der Waals surface area contributed by atoms with Crippen molar-refractivity contribution >= 4 is 22.8 Å². The van der Waals surface area contributed by atoms with Gasteiger partial charge in [-0.1, -0.05) is 169 Å². The van der Waals surface area contributed by atoms with Gasteiger partial charge in [-0.25, -0.2) is 0 Å². The highest BCUT2D eigenvalue weighted by molar-refractivity contribution is 5.96. The van der Waals surface area contributed by atoms with E-state index in [4.69, 9.17) is 0 Å². The van der Waals surface area contributed by atoms with Crippen LogP contribution in [0.4, 0.5) is 0 Å². The number of nitrogens with one attached hydrogen (secondary N) is 1. The Labute approximate surface area is 324 Å². The Bertz CT molecular complexity index is 2640. The van der Waals surface area contributed by atoms with Crippen molar-refractivity contribution in [3.63, 3.8) is 0 Å². The lowest BCUT2D eigenvalue weighted by atomic mass is 9.66. The molecule has 1 N–H and O–H groups in total. The number of hydrogen-bond donors (Lipinski definition) is 1. The van der Waals surface area contributed by atoms with E-state index in [9.17, 15) is 0 Å². The quantitative estimate of drug-likeness (QED) is 0.338. The van der Waals surface area contributed by atoms with E-state index in [2.05, 4.69) is 168 Å². The van der Waals surface area contributed by atoms with Gasteiger partial charge in [0.05, 0.1) is 6.17 Å². The maximum absolute atomic E-state index is 3.98. The Balaban J connectivity index is 1.03. The number of fused-ring (bicyclic) bond motifs is 7. The highest BCUT2D eigenvalue weighted by Crippen LogP contribution is 2.62. The number of allylic oxidation sites excluding steroid dienone is 19. The summed E-state index contributed by atoms with van der Waals surface area (Å²) in [6.45, 7) is 2.30. The molecule has 270 valence electrons. The van der Waals surface area contributed by atoms with Gasteiger partial charge in [0.25, 0.3) is 0 Å². The summed E-state index contributed by atoms with van der Waals surface area (Å²) in [5.74, 6) is 2.58. The molecule has 0 spiro atoms. The van der Waals surface area contributed by atoms with Crippen molar-refractivity contribution < 1.29 is 0 Å². The molecule has 0 amide bonds. The zero-order chi connectivity index (χ0) is 36.0. The SMILES string of the molecule is C1=CC2C=CC=C(C3=c4ccccc4=C(C4=c5ccccc5=CCC4)C4C5=CC=C(C6=CC=CC(C7CN8CCC=CC8N7)C6)C6C=CC=C(C56)C34)C2C=C1. The van der Waals surface area contributed by atoms with E-state index in [1.165, 1.54) is 50.6 Å². The minimum Gasteiger partial charge on any atom is -0.294 e. The predicted molar refractivity (Wildman–Crippen MR) is 227 cm³/mol. The molecule has 2 heteroatoms. The topological polar surface area (TPSA) is 15.3 Å². The zero-order valence-corrected chi connectivity index (χ0v) is 31.4. The molecule has 0 bridgehead atoms. The molecule has 2 fully saturated rings. The van der Waals surface area contributed by atoms with E-state index < -0.39 is 0 Å². The molecular formula is C53H48N2. The fraction of sp³-hybridized carbons (Fsp3) is 0.283. The third kappa shape index (κ3) is 4.94. The van der Waals surface area contributed by atoms with Crippen LogP contribution < -0.4 is 26.2 Å². The standard InChI is InChI=1S/C53H48N2/c1-3-19-37-33(13-1)15-10-23-41(37)50-43-21-5-6-22-44(43)51(42-24-11-16-34-14-2-4-20-38(34)42)53-46-29-28-39(40-25-12-26-45(49(40)46)52(50)53)35-17-9-18-36(31-35)47-32-55-30-8-7-27-48(55)54-47/h1-7,9-10,12-23,25-29,33,36-37,40,47-49,52-54H,8,11,24,30-32H2. The molecule has 2 aliphatic heterocycles. The second-order valence-corrected chi connectivity index (χ2v) is 17.2. The second kappa shape index (κ2) is 12.8. The lowest BCUT2D eigenvalue weighted by molar-refractivity contribution is 0.272. The summed E-state index contributed by atoms with van der Waals surface area (Å²) < 4.78 is 0. The van der Waals surface area contributed by atoms with E-state index in [0.717, 1.165) is 25.8 Å². The Morgan fingerprint density at radius 3 is 2.29 bits per heavy atom. The van der Waals surface area contributed by atoms with Crippen LogP contribution in [-0.4, -0.2) is 30.2 Å². The average molecular weight is 713 g/mol. The normalized spacial score (nSPS) is 34.7. The van der Waals surface area contributed by atoms with Crippen molar-refractivity contribution in [2.75, 3.05) is 13.1 Å². The Morgan fingerprint density at radius 1 is 0.600 bits per heavy atom. The maximum atomic E-state index is 3.98. The Morgan fingerprint density at radius 2 is 1.36 bits per heavy atom. The monoisotopic (exact) mass is 712 g/mol. The predicted octanol–water partition coefficient (Wildman–Crippen LogP) is 7.18. The number of nitrogens with zero attached hydrogens (tertiary/aromatic N) is 1. The molecule has 12 rings (SSSR count). The van der Waals surface area contributed by atoms with E-state index in [-0.39, 0.29) is 0 Å². The Kier molecular flexibility index (Phi) is 7.48. The van der Waals surface area contributed by atoms with Crippen LogP contribution in [0, 0.1) is 41.4 Å². The largest absolute Gasteiger partial charge is 0.294 e. The molecule has 1 saturated heterocycles. The first-order valence-corrected chi connectivity index (χ1v) is 21.0. The molecule has 1 saturated carbocycles. The summed E-state index contributed by atoms with van der Waals surface area (Å²) in [6.07, 6.45) is 48.6. The lowest BCUT2D eigenvalue weighted by Crippen LogP contribution is -2.43. The first-order valence-electron chi connectivity index (χ1n) is 21.0. The van der Waals surface area contributed by atoms with Gasteiger partial charge in [0.15, 0.2) is 0 Å².